The second-order valence-electron chi connectivity index (χ2n) is 7.82. The fourth-order valence-electron chi connectivity index (χ4n) is 3.35. The standard InChI is InChI=1S/C25H26ClNO4S/c1-18-3-7-20(8-4-18)13-15-27(16-14-21-9-5-19(2)6-10-21)32(30,31)22-11-12-24(26)23(17-22)25(28)29/h3-12,17H,13-16H2,1-2H3,(H,28,29). The first-order chi connectivity index (χ1) is 15.2. The fourth-order valence-corrected chi connectivity index (χ4v) is 5.01. The second-order valence-corrected chi connectivity index (χ2v) is 10.2. The summed E-state index contributed by atoms with van der Waals surface area (Å²) in [5.74, 6) is -1.27. The van der Waals surface area contributed by atoms with Gasteiger partial charge in [0, 0.05) is 13.1 Å². The lowest BCUT2D eigenvalue weighted by Crippen LogP contribution is -2.35. The van der Waals surface area contributed by atoms with Crippen molar-refractivity contribution in [3.8, 4) is 0 Å². The average molecular weight is 472 g/mol. The highest BCUT2D eigenvalue weighted by Crippen LogP contribution is 2.24. The Morgan fingerprint density at radius 2 is 1.31 bits per heavy atom. The van der Waals surface area contributed by atoms with E-state index in [9.17, 15) is 18.3 Å². The highest BCUT2D eigenvalue weighted by molar-refractivity contribution is 7.89. The van der Waals surface area contributed by atoms with Gasteiger partial charge in [-0.2, -0.15) is 4.31 Å². The molecule has 0 heterocycles. The van der Waals surface area contributed by atoms with Crippen LogP contribution in [0.5, 0.6) is 0 Å². The Hall–Kier alpha value is -2.67. The van der Waals surface area contributed by atoms with Gasteiger partial charge in [0.2, 0.25) is 10.0 Å². The molecule has 3 aromatic carbocycles. The Morgan fingerprint density at radius 1 is 0.844 bits per heavy atom. The number of hydrogen-bond donors (Lipinski definition) is 1. The van der Waals surface area contributed by atoms with Crippen LogP contribution in [0.1, 0.15) is 32.6 Å². The topological polar surface area (TPSA) is 74.7 Å². The predicted molar refractivity (Wildman–Crippen MR) is 127 cm³/mol. The number of sulfonamides is 1. The number of carboxylic acids is 1. The molecular formula is C25H26ClNO4S. The maximum Gasteiger partial charge on any atom is 0.337 e. The lowest BCUT2D eigenvalue weighted by atomic mass is 10.1. The van der Waals surface area contributed by atoms with Crippen LogP contribution in [0, 0.1) is 13.8 Å². The summed E-state index contributed by atoms with van der Waals surface area (Å²) in [7, 11) is -3.92. The largest absolute Gasteiger partial charge is 0.478 e. The zero-order valence-corrected chi connectivity index (χ0v) is 19.7. The molecule has 0 fully saturated rings. The van der Waals surface area contributed by atoms with Gasteiger partial charge in [0.05, 0.1) is 15.5 Å². The molecule has 0 amide bonds. The second kappa shape index (κ2) is 10.3. The van der Waals surface area contributed by atoms with Crippen molar-refractivity contribution in [3.05, 3.63) is 99.6 Å². The van der Waals surface area contributed by atoms with Gasteiger partial charge in [-0.3, -0.25) is 0 Å². The van der Waals surface area contributed by atoms with Gasteiger partial charge in [-0.05, 0) is 56.0 Å². The summed E-state index contributed by atoms with van der Waals surface area (Å²) in [6.45, 7) is 4.57. The quantitative estimate of drug-likeness (QED) is 0.469. The third kappa shape index (κ3) is 5.97. The molecule has 0 aliphatic carbocycles. The highest BCUT2D eigenvalue weighted by Gasteiger charge is 2.26. The third-order valence-electron chi connectivity index (χ3n) is 5.35. The molecule has 0 aliphatic heterocycles. The molecule has 0 saturated heterocycles. The van der Waals surface area contributed by atoms with Gasteiger partial charge in [0.1, 0.15) is 0 Å². The molecule has 3 rings (SSSR count). The monoisotopic (exact) mass is 471 g/mol. The molecule has 0 saturated carbocycles. The van der Waals surface area contributed by atoms with E-state index in [1.807, 2.05) is 62.4 Å². The molecule has 0 bridgehead atoms. The van der Waals surface area contributed by atoms with E-state index in [0.717, 1.165) is 28.3 Å². The number of aryl methyl sites for hydroxylation is 2. The van der Waals surface area contributed by atoms with E-state index >= 15 is 0 Å². The molecule has 1 N–H and O–H groups in total. The Labute approximate surface area is 194 Å². The molecule has 7 heteroatoms. The van der Waals surface area contributed by atoms with Gasteiger partial charge in [-0.25, -0.2) is 13.2 Å². The van der Waals surface area contributed by atoms with Crippen molar-refractivity contribution in [2.45, 2.75) is 31.6 Å². The van der Waals surface area contributed by atoms with Crippen molar-refractivity contribution in [2.75, 3.05) is 13.1 Å². The first-order valence-electron chi connectivity index (χ1n) is 10.3. The Balaban J connectivity index is 1.88. The summed E-state index contributed by atoms with van der Waals surface area (Å²) in [6, 6.07) is 19.8. The van der Waals surface area contributed by atoms with E-state index in [-0.39, 0.29) is 28.6 Å². The van der Waals surface area contributed by atoms with Crippen LogP contribution in [0.15, 0.2) is 71.6 Å². The van der Waals surface area contributed by atoms with Crippen LogP contribution in [0.4, 0.5) is 0 Å². The number of halogens is 1. The molecule has 5 nitrogen and oxygen atoms in total. The molecule has 0 radical (unpaired) electrons. The number of carbonyl (C=O) groups is 1. The van der Waals surface area contributed by atoms with Gasteiger partial charge < -0.3 is 5.11 Å². The van der Waals surface area contributed by atoms with Crippen LogP contribution in [0.3, 0.4) is 0 Å². The fraction of sp³-hybridized carbons (Fsp3) is 0.240. The summed E-state index contributed by atoms with van der Waals surface area (Å²) in [5, 5.41) is 9.35. The van der Waals surface area contributed by atoms with Crippen molar-refractivity contribution >= 4 is 27.6 Å². The van der Waals surface area contributed by atoms with Crippen molar-refractivity contribution in [2.24, 2.45) is 0 Å². The van der Waals surface area contributed by atoms with E-state index in [1.165, 1.54) is 16.4 Å². The van der Waals surface area contributed by atoms with Gasteiger partial charge in [-0.15, -0.1) is 0 Å². The van der Waals surface area contributed by atoms with Gasteiger partial charge in [0.25, 0.3) is 0 Å². The van der Waals surface area contributed by atoms with E-state index in [2.05, 4.69) is 0 Å². The van der Waals surface area contributed by atoms with Crippen LogP contribution >= 0.6 is 11.6 Å². The maximum atomic E-state index is 13.5. The summed E-state index contributed by atoms with van der Waals surface area (Å²) in [5.41, 5.74) is 4.12. The van der Waals surface area contributed by atoms with E-state index in [1.54, 1.807) is 0 Å². The Bertz CT molecular complexity index is 1140. The molecule has 32 heavy (non-hydrogen) atoms. The minimum atomic E-state index is -3.92. The third-order valence-corrected chi connectivity index (χ3v) is 7.57. The SMILES string of the molecule is Cc1ccc(CCN(CCc2ccc(C)cc2)S(=O)(=O)c2ccc(Cl)c(C(=O)O)c2)cc1. The van der Waals surface area contributed by atoms with Crippen molar-refractivity contribution < 1.29 is 18.3 Å². The first kappa shape index (κ1) is 24.0. The molecule has 3 aromatic rings. The minimum absolute atomic E-state index is 0.00214. The van der Waals surface area contributed by atoms with E-state index in [0.29, 0.717) is 12.8 Å². The highest BCUT2D eigenvalue weighted by atomic mass is 35.5. The minimum Gasteiger partial charge on any atom is -0.478 e. The van der Waals surface area contributed by atoms with Crippen molar-refractivity contribution in [1.29, 1.82) is 0 Å². The van der Waals surface area contributed by atoms with Crippen molar-refractivity contribution in [1.82, 2.24) is 4.31 Å². The normalized spacial score (nSPS) is 11.6. The van der Waals surface area contributed by atoms with E-state index in [4.69, 9.17) is 11.6 Å². The average Bonchev–Trinajstić information content (AvgIpc) is 2.76. The maximum absolute atomic E-state index is 13.5. The summed E-state index contributed by atoms with van der Waals surface area (Å²) >= 11 is 5.94. The number of aromatic carboxylic acids is 1. The van der Waals surface area contributed by atoms with Gasteiger partial charge in [-0.1, -0.05) is 71.3 Å². The summed E-state index contributed by atoms with van der Waals surface area (Å²) in [6.07, 6.45) is 1.10. The summed E-state index contributed by atoms with van der Waals surface area (Å²) < 4.78 is 28.3. The van der Waals surface area contributed by atoms with Crippen LogP contribution in [0.2, 0.25) is 5.02 Å². The lowest BCUT2D eigenvalue weighted by molar-refractivity contribution is 0.0697. The molecule has 0 aromatic heterocycles. The van der Waals surface area contributed by atoms with Crippen LogP contribution < -0.4 is 0 Å². The molecular weight excluding hydrogens is 446 g/mol. The zero-order valence-electron chi connectivity index (χ0n) is 18.1. The number of rotatable bonds is 9. The number of benzene rings is 3. The Kier molecular flexibility index (Phi) is 7.72. The van der Waals surface area contributed by atoms with Crippen LogP contribution in [-0.2, 0) is 22.9 Å². The number of hydrogen-bond acceptors (Lipinski definition) is 3. The lowest BCUT2D eigenvalue weighted by Gasteiger charge is -2.23. The smallest absolute Gasteiger partial charge is 0.337 e. The predicted octanol–water partition coefficient (Wildman–Crippen LogP) is 5.13. The van der Waals surface area contributed by atoms with Crippen molar-refractivity contribution in [3.63, 3.8) is 0 Å². The zero-order chi connectivity index (χ0) is 23.3. The Morgan fingerprint density at radius 3 is 1.75 bits per heavy atom. The first-order valence-corrected chi connectivity index (χ1v) is 12.1. The molecule has 0 spiro atoms. The van der Waals surface area contributed by atoms with Gasteiger partial charge >= 0.3 is 5.97 Å². The molecule has 0 aliphatic rings. The summed E-state index contributed by atoms with van der Waals surface area (Å²) in [4.78, 5) is 11.4. The molecule has 0 atom stereocenters. The molecule has 0 unspecified atom stereocenters. The van der Waals surface area contributed by atoms with Gasteiger partial charge in [0.15, 0.2) is 0 Å². The van der Waals surface area contributed by atoms with Crippen LogP contribution in [0.25, 0.3) is 0 Å². The number of nitrogens with zero attached hydrogens (tertiary/aromatic N) is 1. The van der Waals surface area contributed by atoms with E-state index < -0.39 is 16.0 Å². The number of carboxylic acid groups (broad SMARTS) is 1. The van der Waals surface area contributed by atoms with Crippen LogP contribution in [-0.4, -0.2) is 36.9 Å². The molecule has 168 valence electrons.